The van der Waals surface area contributed by atoms with Crippen molar-refractivity contribution in [2.45, 2.75) is 20.1 Å². The summed E-state index contributed by atoms with van der Waals surface area (Å²) in [5.74, 6) is 1.52. The Morgan fingerprint density at radius 2 is 1.11 bits per heavy atom. The number of Topliss-reactive ketones (excluding diaryl/α,β-unsaturated/α-hetero) is 1. The summed E-state index contributed by atoms with van der Waals surface area (Å²) in [6.45, 7) is 2.37. The Bertz CT molecular complexity index is 1970. The molecule has 7 heteroatoms. The molecule has 0 aliphatic heterocycles. The number of ether oxygens (including phenoxy) is 2. The Hall–Kier alpha value is -5.82. The zero-order valence-corrected chi connectivity index (χ0v) is 26.1. The van der Waals surface area contributed by atoms with Gasteiger partial charge in [-0.05, 0) is 79.2 Å². The zero-order chi connectivity index (χ0) is 32.3. The molecule has 0 aliphatic rings. The highest BCUT2D eigenvalue weighted by molar-refractivity contribution is 5.94. The quantitative estimate of drug-likeness (QED) is 0.122. The van der Waals surface area contributed by atoms with E-state index in [4.69, 9.17) is 9.47 Å². The molecule has 6 rings (SSSR count). The predicted molar refractivity (Wildman–Crippen MR) is 183 cm³/mol. The van der Waals surface area contributed by atoms with Crippen molar-refractivity contribution in [3.8, 4) is 11.5 Å². The molecule has 0 saturated carbocycles. The highest BCUT2D eigenvalue weighted by Crippen LogP contribution is 2.18. The maximum absolute atomic E-state index is 11.5. The number of carbonyl (C=O) groups is 2. The van der Waals surface area contributed by atoms with Crippen LogP contribution in [0.5, 0.6) is 11.5 Å². The van der Waals surface area contributed by atoms with Crippen LogP contribution in [-0.4, -0.2) is 40.7 Å². The SMILES string of the molecule is CC(=O)c1ccc(OCc2ccc3ccccc3n2)cc1.CN(C)C(=O)C=Cc1ccc(OCc2ccc3ccccc3n2)cc1. The van der Waals surface area contributed by atoms with Crippen LogP contribution in [0.1, 0.15) is 34.2 Å². The summed E-state index contributed by atoms with van der Waals surface area (Å²) in [5.41, 5.74) is 5.33. The molecule has 0 unspecified atom stereocenters. The first-order valence-electron chi connectivity index (χ1n) is 14.9. The number of nitrogens with zero attached hydrogens (tertiary/aromatic N) is 3. The molecule has 0 radical (unpaired) electrons. The highest BCUT2D eigenvalue weighted by Gasteiger charge is 2.03. The number of likely N-dealkylation sites (N-methyl/N-ethyl adjacent to an activating group) is 1. The predicted octanol–water partition coefficient (Wildman–Crippen LogP) is 7.93. The Morgan fingerprint density at radius 3 is 1.59 bits per heavy atom. The summed E-state index contributed by atoms with van der Waals surface area (Å²) < 4.78 is 11.5. The van der Waals surface area contributed by atoms with Crippen molar-refractivity contribution >= 4 is 39.6 Å². The van der Waals surface area contributed by atoms with Crippen LogP contribution in [0, 0.1) is 0 Å². The van der Waals surface area contributed by atoms with Gasteiger partial charge in [0.05, 0.1) is 22.4 Å². The van der Waals surface area contributed by atoms with Gasteiger partial charge in [0.2, 0.25) is 5.91 Å². The lowest BCUT2D eigenvalue weighted by Crippen LogP contribution is -2.18. The van der Waals surface area contributed by atoms with Crippen molar-refractivity contribution in [3.05, 3.63) is 150 Å². The molecular weight excluding hydrogens is 574 g/mol. The Balaban J connectivity index is 0.000000184. The summed E-state index contributed by atoms with van der Waals surface area (Å²) in [5, 5.41) is 2.24. The van der Waals surface area contributed by atoms with E-state index in [1.54, 1.807) is 57.4 Å². The number of aromatic nitrogens is 2. The number of hydrogen-bond donors (Lipinski definition) is 0. The van der Waals surface area contributed by atoms with Crippen LogP contribution >= 0.6 is 0 Å². The highest BCUT2D eigenvalue weighted by atomic mass is 16.5. The average molecular weight is 610 g/mol. The Morgan fingerprint density at radius 1 is 0.630 bits per heavy atom. The number of rotatable bonds is 9. The lowest BCUT2D eigenvalue weighted by Gasteiger charge is -2.07. The standard InChI is InChI=1S/C21H20N2O2.C18H15NO2/c1-23(2)21(24)14-9-16-7-12-19(13-8-16)25-15-18-11-10-17-5-3-4-6-20(17)22-18;1-13(20)14-7-10-17(11-8-14)21-12-16-9-6-15-4-2-3-5-18(15)19-16/h3-14H,15H2,1-2H3;2-11H,12H2,1H3. The number of amides is 1. The van der Waals surface area contributed by atoms with Crippen molar-refractivity contribution in [2.24, 2.45) is 0 Å². The second-order valence-corrected chi connectivity index (χ2v) is 10.8. The van der Waals surface area contributed by atoms with E-state index in [0.717, 1.165) is 50.3 Å². The first-order valence-corrected chi connectivity index (χ1v) is 14.9. The first kappa shape index (κ1) is 31.6. The largest absolute Gasteiger partial charge is 0.487 e. The van der Waals surface area contributed by atoms with Crippen molar-refractivity contribution in [1.29, 1.82) is 0 Å². The number of ketones is 1. The van der Waals surface area contributed by atoms with E-state index >= 15 is 0 Å². The second-order valence-electron chi connectivity index (χ2n) is 10.8. The summed E-state index contributed by atoms with van der Waals surface area (Å²) >= 11 is 0. The number of pyridine rings is 2. The molecule has 46 heavy (non-hydrogen) atoms. The van der Waals surface area contributed by atoms with E-state index in [1.807, 2.05) is 91.0 Å². The summed E-state index contributed by atoms with van der Waals surface area (Å²) in [4.78, 5) is 33.4. The molecule has 0 bridgehead atoms. The maximum Gasteiger partial charge on any atom is 0.246 e. The average Bonchev–Trinajstić information content (AvgIpc) is 3.09. The molecule has 0 aliphatic carbocycles. The van der Waals surface area contributed by atoms with Crippen LogP contribution in [0.2, 0.25) is 0 Å². The molecule has 0 fully saturated rings. The third-order valence-corrected chi connectivity index (χ3v) is 7.09. The van der Waals surface area contributed by atoms with Crippen molar-refractivity contribution < 1.29 is 19.1 Å². The summed E-state index contributed by atoms with van der Waals surface area (Å²) in [6.07, 6.45) is 3.34. The summed E-state index contributed by atoms with van der Waals surface area (Å²) in [7, 11) is 3.45. The third kappa shape index (κ3) is 8.86. The number of hydrogen-bond acceptors (Lipinski definition) is 6. The molecule has 2 aromatic heterocycles. The molecule has 230 valence electrons. The van der Waals surface area contributed by atoms with Crippen molar-refractivity contribution in [2.75, 3.05) is 14.1 Å². The Labute approximate surface area is 268 Å². The van der Waals surface area contributed by atoms with E-state index in [9.17, 15) is 9.59 Å². The number of benzene rings is 4. The van der Waals surface area contributed by atoms with Crippen molar-refractivity contribution in [3.63, 3.8) is 0 Å². The van der Waals surface area contributed by atoms with E-state index < -0.39 is 0 Å². The fraction of sp³-hybridized carbons (Fsp3) is 0.128. The topological polar surface area (TPSA) is 81.6 Å². The summed E-state index contributed by atoms with van der Waals surface area (Å²) in [6, 6.07) is 38.8. The van der Waals surface area contributed by atoms with Crippen molar-refractivity contribution in [1.82, 2.24) is 14.9 Å². The van der Waals surface area contributed by atoms with Crippen LogP contribution in [0.3, 0.4) is 0 Å². The molecule has 0 N–H and O–H groups in total. The minimum atomic E-state index is -0.0392. The van der Waals surface area contributed by atoms with E-state index in [2.05, 4.69) is 16.0 Å². The van der Waals surface area contributed by atoms with E-state index in [0.29, 0.717) is 18.8 Å². The number of carbonyl (C=O) groups excluding carboxylic acids is 2. The lowest BCUT2D eigenvalue weighted by atomic mass is 10.1. The van der Waals surface area contributed by atoms with Gasteiger partial charge in [-0.15, -0.1) is 0 Å². The zero-order valence-electron chi connectivity index (χ0n) is 26.1. The molecule has 2 heterocycles. The van der Waals surface area contributed by atoms with Gasteiger partial charge in [-0.25, -0.2) is 9.97 Å². The maximum atomic E-state index is 11.5. The molecular formula is C39H35N3O4. The van der Waals surface area contributed by atoms with Crippen LogP contribution in [0.4, 0.5) is 0 Å². The minimum Gasteiger partial charge on any atom is -0.487 e. The Kier molecular flexibility index (Phi) is 10.5. The molecule has 4 aromatic carbocycles. The molecule has 6 aromatic rings. The minimum absolute atomic E-state index is 0.0392. The van der Waals surface area contributed by atoms with Gasteiger partial charge in [-0.1, -0.05) is 60.7 Å². The van der Waals surface area contributed by atoms with Gasteiger partial charge in [0, 0.05) is 36.5 Å². The first-order chi connectivity index (χ1) is 22.3. The van der Waals surface area contributed by atoms with E-state index in [1.165, 1.54) is 4.90 Å². The second kappa shape index (κ2) is 15.3. The fourth-order valence-corrected chi connectivity index (χ4v) is 4.47. The number of para-hydroxylation sites is 2. The van der Waals surface area contributed by atoms with Gasteiger partial charge in [-0.2, -0.15) is 0 Å². The van der Waals surface area contributed by atoms with Gasteiger partial charge in [0.25, 0.3) is 0 Å². The van der Waals surface area contributed by atoms with Gasteiger partial charge in [0.1, 0.15) is 24.7 Å². The van der Waals surface area contributed by atoms with Gasteiger partial charge < -0.3 is 14.4 Å². The molecule has 0 atom stereocenters. The van der Waals surface area contributed by atoms with Crippen LogP contribution < -0.4 is 9.47 Å². The molecule has 1 amide bonds. The van der Waals surface area contributed by atoms with E-state index in [-0.39, 0.29) is 11.7 Å². The molecule has 0 spiro atoms. The van der Waals surface area contributed by atoms with Gasteiger partial charge >= 0.3 is 0 Å². The number of fused-ring (bicyclic) bond motifs is 2. The fourth-order valence-electron chi connectivity index (χ4n) is 4.47. The third-order valence-electron chi connectivity index (χ3n) is 7.09. The van der Waals surface area contributed by atoms with Crippen LogP contribution in [0.15, 0.2) is 127 Å². The van der Waals surface area contributed by atoms with Gasteiger partial charge in [0.15, 0.2) is 5.78 Å². The normalized spacial score (nSPS) is 10.8. The molecule has 7 nitrogen and oxygen atoms in total. The monoisotopic (exact) mass is 609 g/mol. The van der Waals surface area contributed by atoms with Crippen LogP contribution in [0.25, 0.3) is 27.9 Å². The smallest absolute Gasteiger partial charge is 0.246 e. The van der Waals surface area contributed by atoms with Crippen LogP contribution in [-0.2, 0) is 18.0 Å². The van der Waals surface area contributed by atoms with Gasteiger partial charge in [-0.3, -0.25) is 9.59 Å². The lowest BCUT2D eigenvalue weighted by molar-refractivity contribution is -0.123. The molecule has 0 saturated heterocycles.